The fourth-order valence-electron chi connectivity index (χ4n) is 2.52. The van der Waals surface area contributed by atoms with E-state index < -0.39 is 34.4 Å². The van der Waals surface area contributed by atoms with Gasteiger partial charge in [0, 0.05) is 6.26 Å². The molecule has 0 unspecified atom stereocenters. The smallest absolute Gasteiger partial charge is 0.341 e. The molecule has 1 aliphatic heterocycles. The van der Waals surface area contributed by atoms with E-state index in [0.29, 0.717) is 0 Å². The van der Waals surface area contributed by atoms with Crippen LogP contribution in [0, 0.1) is 0 Å². The van der Waals surface area contributed by atoms with Crippen LogP contribution in [0.1, 0.15) is 31.1 Å². The minimum Gasteiger partial charge on any atom is -0.440 e. The van der Waals surface area contributed by atoms with E-state index in [2.05, 4.69) is 0 Å². The van der Waals surface area contributed by atoms with Crippen LogP contribution in [0.3, 0.4) is 0 Å². The zero-order chi connectivity index (χ0) is 18.2. The van der Waals surface area contributed by atoms with Gasteiger partial charge in [0.15, 0.2) is 16.6 Å². The van der Waals surface area contributed by atoms with Gasteiger partial charge in [-0.3, -0.25) is 9.59 Å². The number of carbonyl (C=O) groups is 3. The van der Waals surface area contributed by atoms with Crippen LogP contribution in [0.2, 0.25) is 0 Å². The first-order chi connectivity index (χ1) is 11.8. The summed E-state index contributed by atoms with van der Waals surface area (Å²) in [5.41, 5.74) is 0.321. The lowest BCUT2D eigenvalue weighted by Gasteiger charge is -2.14. The molecule has 1 aliphatic rings. The SMILES string of the molecule is CS(=O)(=O)c1ccccc1C(=O)OCN1C(=O)c2ccccc2C1=O. The highest BCUT2D eigenvalue weighted by Crippen LogP contribution is 2.23. The van der Waals surface area contributed by atoms with Crippen LogP contribution < -0.4 is 0 Å². The molecule has 0 saturated heterocycles. The molecule has 2 aromatic carbocycles. The largest absolute Gasteiger partial charge is 0.440 e. The van der Waals surface area contributed by atoms with Crippen LogP contribution in [0.5, 0.6) is 0 Å². The van der Waals surface area contributed by atoms with Gasteiger partial charge in [-0.2, -0.15) is 0 Å². The summed E-state index contributed by atoms with van der Waals surface area (Å²) in [7, 11) is -3.63. The molecule has 2 aromatic rings. The summed E-state index contributed by atoms with van der Waals surface area (Å²) >= 11 is 0. The van der Waals surface area contributed by atoms with E-state index in [0.717, 1.165) is 11.2 Å². The number of fused-ring (bicyclic) bond motifs is 1. The lowest BCUT2D eigenvalue weighted by Crippen LogP contribution is -2.33. The van der Waals surface area contributed by atoms with E-state index in [1.54, 1.807) is 12.1 Å². The van der Waals surface area contributed by atoms with Gasteiger partial charge in [0.2, 0.25) is 0 Å². The molecule has 25 heavy (non-hydrogen) atoms. The highest BCUT2D eigenvalue weighted by molar-refractivity contribution is 7.90. The molecule has 8 heteroatoms. The van der Waals surface area contributed by atoms with Crippen molar-refractivity contribution in [3.05, 3.63) is 65.2 Å². The Morgan fingerprint density at radius 1 is 0.960 bits per heavy atom. The van der Waals surface area contributed by atoms with Crippen LogP contribution >= 0.6 is 0 Å². The molecule has 3 rings (SSSR count). The Balaban J connectivity index is 1.79. The Morgan fingerprint density at radius 3 is 2.04 bits per heavy atom. The average Bonchev–Trinajstić information content (AvgIpc) is 2.83. The molecule has 1 heterocycles. The highest BCUT2D eigenvalue weighted by Gasteiger charge is 2.36. The summed E-state index contributed by atoms with van der Waals surface area (Å²) in [5.74, 6) is -2.06. The number of rotatable bonds is 4. The summed E-state index contributed by atoms with van der Waals surface area (Å²) in [6.45, 7) is -0.594. The van der Waals surface area contributed by atoms with Gasteiger partial charge in [0.1, 0.15) is 0 Å². The predicted molar refractivity (Wildman–Crippen MR) is 86.8 cm³/mol. The Bertz CT molecular complexity index is 961. The number of hydrogen-bond donors (Lipinski definition) is 0. The van der Waals surface area contributed by atoms with Gasteiger partial charge in [-0.25, -0.2) is 18.1 Å². The predicted octanol–water partition coefficient (Wildman–Crippen LogP) is 1.50. The van der Waals surface area contributed by atoms with Crippen LogP contribution in [-0.4, -0.2) is 44.1 Å². The maximum absolute atomic E-state index is 12.2. The van der Waals surface area contributed by atoms with Gasteiger partial charge in [0.05, 0.1) is 21.6 Å². The van der Waals surface area contributed by atoms with E-state index in [1.165, 1.54) is 36.4 Å². The first-order valence-corrected chi connectivity index (χ1v) is 9.11. The first-order valence-electron chi connectivity index (χ1n) is 7.22. The van der Waals surface area contributed by atoms with Gasteiger partial charge in [-0.1, -0.05) is 24.3 Å². The number of ether oxygens (including phenoxy) is 1. The number of imide groups is 1. The van der Waals surface area contributed by atoms with Crippen LogP contribution in [0.4, 0.5) is 0 Å². The third-order valence-corrected chi connectivity index (χ3v) is 4.86. The summed E-state index contributed by atoms with van der Waals surface area (Å²) < 4.78 is 28.5. The standard InChI is InChI=1S/C17H13NO6S/c1-25(22,23)14-9-5-4-8-13(14)17(21)24-10-18-15(19)11-6-2-3-7-12(11)16(18)20/h2-9H,10H2,1H3. The quantitative estimate of drug-likeness (QED) is 0.606. The molecule has 0 radical (unpaired) electrons. The second-order valence-corrected chi connectivity index (χ2v) is 7.40. The molecule has 128 valence electrons. The van der Waals surface area contributed by atoms with Crippen molar-refractivity contribution >= 4 is 27.6 Å². The van der Waals surface area contributed by atoms with E-state index in [9.17, 15) is 22.8 Å². The second kappa shape index (κ2) is 6.14. The average molecular weight is 359 g/mol. The van der Waals surface area contributed by atoms with Crippen LogP contribution in [0.15, 0.2) is 53.4 Å². The van der Waals surface area contributed by atoms with E-state index in [4.69, 9.17) is 4.74 Å². The van der Waals surface area contributed by atoms with E-state index >= 15 is 0 Å². The Kier molecular flexibility index (Phi) is 4.13. The summed E-state index contributed by atoms with van der Waals surface area (Å²) in [6, 6.07) is 11.8. The van der Waals surface area contributed by atoms with Crippen molar-refractivity contribution in [3.63, 3.8) is 0 Å². The molecule has 0 N–H and O–H groups in total. The fraction of sp³-hybridized carbons (Fsp3) is 0.118. The molecule has 0 bridgehead atoms. The topological polar surface area (TPSA) is 97.8 Å². The fourth-order valence-corrected chi connectivity index (χ4v) is 3.39. The van der Waals surface area contributed by atoms with Crippen molar-refractivity contribution in [2.75, 3.05) is 13.0 Å². The number of amides is 2. The summed E-state index contributed by atoms with van der Waals surface area (Å²) in [4.78, 5) is 37.2. The van der Waals surface area contributed by atoms with Gasteiger partial charge in [0.25, 0.3) is 11.8 Å². The number of nitrogens with zero attached hydrogens (tertiary/aromatic N) is 1. The molecule has 0 aromatic heterocycles. The number of carbonyl (C=O) groups excluding carboxylic acids is 3. The number of hydrogen-bond acceptors (Lipinski definition) is 6. The van der Waals surface area contributed by atoms with Crippen molar-refractivity contribution < 1.29 is 27.5 Å². The Morgan fingerprint density at radius 2 is 1.48 bits per heavy atom. The molecule has 0 aliphatic carbocycles. The second-order valence-electron chi connectivity index (χ2n) is 5.41. The lowest BCUT2D eigenvalue weighted by atomic mass is 10.1. The molecular weight excluding hydrogens is 346 g/mol. The van der Waals surface area contributed by atoms with Crippen LogP contribution in [-0.2, 0) is 14.6 Å². The van der Waals surface area contributed by atoms with Crippen molar-refractivity contribution in [1.82, 2.24) is 4.90 Å². The van der Waals surface area contributed by atoms with Gasteiger partial charge < -0.3 is 4.74 Å². The minimum atomic E-state index is -3.63. The van der Waals surface area contributed by atoms with Gasteiger partial charge in [-0.15, -0.1) is 0 Å². The number of benzene rings is 2. The molecule has 2 amide bonds. The van der Waals surface area contributed by atoms with Gasteiger partial charge in [-0.05, 0) is 24.3 Å². The molecule has 0 atom stereocenters. The third kappa shape index (κ3) is 3.03. The highest BCUT2D eigenvalue weighted by atomic mass is 32.2. The minimum absolute atomic E-state index is 0.151. The summed E-state index contributed by atoms with van der Waals surface area (Å²) in [5, 5.41) is 0. The van der Waals surface area contributed by atoms with Crippen LogP contribution in [0.25, 0.3) is 0 Å². The number of sulfone groups is 1. The van der Waals surface area contributed by atoms with Crippen molar-refractivity contribution in [2.45, 2.75) is 4.90 Å². The monoisotopic (exact) mass is 359 g/mol. The zero-order valence-corrected chi connectivity index (χ0v) is 13.9. The lowest BCUT2D eigenvalue weighted by molar-refractivity contribution is 0.0225. The van der Waals surface area contributed by atoms with Gasteiger partial charge >= 0.3 is 5.97 Å². The first kappa shape index (κ1) is 16.8. The zero-order valence-electron chi connectivity index (χ0n) is 13.1. The van der Waals surface area contributed by atoms with Crippen molar-refractivity contribution in [2.24, 2.45) is 0 Å². The molecule has 0 spiro atoms. The van der Waals surface area contributed by atoms with Crippen molar-refractivity contribution in [3.8, 4) is 0 Å². The summed E-state index contributed by atoms with van der Waals surface area (Å²) in [6.07, 6.45) is 0.975. The molecule has 7 nitrogen and oxygen atoms in total. The molecule has 0 fully saturated rings. The third-order valence-electron chi connectivity index (χ3n) is 3.71. The van der Waals surface area contributed by atoms with Crippen molar-refractivity contribution in [1.29, 1.82) is 0 Å². The van der Waals surface area contributed by atoms with E-state index in [1.807, 2.05) is 0 Å². The normalized spacial score (nSPS) is 13.7. The Labute approximate surface area is 143 Å². The van der Waals surface area contributed by atoms with E-state index in [-0.39, 0.29) is 21.6 Å². The maximum Gasteiger partial charge on any atom is 0.341 e. The Hall–Kier alpha value is -3.00. The number of esters is 1. The molecule has 0 saturated carbocycles. The maximum atomic E-state index is 12.2. The molecular formula is C17H13NO6S.